The number of piperazine rings is 1. The molecule has 0 N–H and O–H groups in total. The summed E-state index contributed by atoms with van der Waals surface area (Å²) in [6.45, 7) is 1.74. The summed E-state index contributed by atoms with van der Waals surface area (Å²) < 4.78 is 38.2. The van der Waals surface area contributed by atoms with E-state index in [4.69, 9.17) is 9.72 Å². The molecule has 4 heterocycles. The Morgan fingerprint density at radius 2 is 1.84 bits per heavy atom. The summed E-state index contributed by atoms with van der Waals surface area (Å²) in [5, 5.41) is 21.4. The van der Waals surface area contributed by atoms with Gasteiger partial charge in [-0.2, -0.15) is 20.5 Å². The third-order valence-corrected chi connectivity index (χ3v) is 9.69. The number of anilines is 1. The van der Waals surface area contributed by atoms with Gasteiger partial charge in [-0.15, -0.1) is 0 Å². The van der Waals surface area contributed by atoms with E-state index < -0.39 is 23.6 Å². The summed E-state index contributed by atoms with van der Waals surface area (Å²) in [6.07, 6.45) is 4.53. The van der Waals surface area contributed by atoms with Crippen LogP contribution in [0.25, 0.3) is 38.9 Å². The average molecular weight is 685 g/mol. The molecular formula is C39H34F2N8O2. The van der Waals surface area contributed by atoms with Crippen molar-refractivity contribution >= 4 is 39.5 Å². The van der Waals surface area contributed by atoms with Crippen molar-refractivity contribution in [2.75, 3.05) is 44.7 Å². The van der Waals surface area contributed by atoms with Gasteiger partial charge >= 0.3 is 6.01 Å². The molecule has 7 rings (SSSR count). The van der Waals surface area contributed by atoms with E-state index >= 15 is 8.78 Å². The van der Waals surface area contributed by atoms with Crippen molar-refractivity contribution in [2.24, 2.45) is 0 Å². The zero-order valence-corrected chi connectivity index (χ0v) is 28.0. The first kappa shape index (κ1) is 33.5. The van der Waals surface area contributed by atoms with Crippen LogP contribution >= 0.6 is 0 Å². The first-order chi connectivity index (χ1) is 24.9. The monoisotopic (exact) mass is 684 g/mol. The maximum Gasteiger partial charge on any atom is 0.319 e. The molecule has 2 aromatic heterocycles. The number of benzene rings is 3. The summed E-state index contributed by atoms with van der Waals surface area (Å²) in [4.78, 5) is 32.2. The highest BCUT2D eigenvalue weighted by molar-refractivity contribution is 6.03. The van der Waals surface area contributed by atoms with E-state index in [1.165, 1.54) is 11.1 Å². The molecule has 2 unspecified atom stereocenters. The second-order valence-corrected chi connectivity index (χ2v) is 12.8. The standard InChI is InChI=1S/C39H34F2N8O2/c1-47-18-6-11-29(47)24-51-39-45-36-32(14-13-31(35(36)41)30-12-5-8-25-7-4-9-26(22-43)34(25)30)37(46-39)48-19-20-49(28(23-48)15-16-42)38(50)33(40)21-27-10-2-3-17-44-27/h2-5,7-10,12-14,17,21,28-29H,6,11,15,18-20,23-24H2,1H3/b33-21-. The van der Waals surface area contributed by atoms with Gasteiger partial charge in [0.15, 0.2) is 11.6 Å². The summed E-state index contributed by atoms with van der Waals surface area (Å²) in [6, 6.07) is 23.1. The van der Waals surface area contributed by atoms with Crippen LogP contribution in [0, 0.1) is 28.5 Å². The first-order valence-electron chi connectivity index (χ1n) is 16.8. The van der Waals surface area contributed by atoms with Gasteiger partial charge in [-0.05, 0) is 61.6 Å². The van der Waals surface area contributed by atoms with Crippen molar-refractivity contribution < 1.29 is 18.3 Å². The molecule has 2 fully saturated rings. The van der Waals surface area contributed by atoms with Gasteiger partial charge in [0, 0.05) is 54.3 Å². The molecule has 5 aromatic rings. The van der Waals surface area contributed by atoms with Gasteiger partial charge in [0.2, 0.25) is 0 Å². The van der Waals surface area contributed by atoms with E-state index in [1.807, 2.05) is 30.1 Å². The van der Waals surface area contributed by atoms with Crippen LogP contribution < -0.4 is 9.64 Å². The van der Waals surface area contributed by atoms with Crippen LogP contribution in [-0.2, 0) is 4.79 Å². The fraction of sp³-hybridized carbons (Fsp3) is 0.282. The van der Waals surface area contributed by atoms with E-state index in [1.54, 1.807) is 48.5 Å². The molecule has 0 saturated carbocycles. The van der Waals surface area contributed by atoms with E-state index in [0.717, 1.165) is 30.8 Å². The van der Waals surface area contributed by atoms with Gasteiger partial charge in [0.1, 0.15) is 17.9 Å². The number of likely N-dealkylation sites (tertiary alicyclic amines) is 1. The Labute approximate surface area is 293 Å². The summed E-state index contributed by atoms with van der Waals surface area (Å²) in [5.74, 6) is -2.02. The van der Waals surface area contributed by atoms with Crippen LogP contribution in [0.15, 0.2) is 78.8 Å². The lowest BCUT2D eigenvalue weighted by atomic mass is 9.94. The molecule has 2 atom stereocenters. The van der Waals surface area contributed by atoms with Gasteiger partial charge in [-0.1, -0.05) is 42.5 Å². The van der Waals surface area contributed by atoms with Gasteiger partial charge in [-0.3, -0.25) is 9.78 Å². The number of hydrogen-bond donors (Lipinski definition) is 0. The van der Waals surface area contributed by atoms with E-state index in [9.17, 15) is 15.3 Å². The Hall–Kier alpha value is -5.98. The number of halogens is 2. The van der Waals surface area contributed by atoms with Gasteiger partial charge in [-0.25, -0.2) is 8.78 Å². The Balaban J connectivity index is 1.28. The second kappa shape index (κ2) is 14.5. The number of aromatic nitrogens is 3. The molecule has 2 saturated heterocycles. The minimum atomic E-state index is -0.979. The van der Waals surface area contributed by atoms with E-state index in [-0.39, 0.29) is 49.2 Å². The Kier molecular flexibility index (Phi) is 9.51. The zero-order valence-electron chi connectivity index (χ0n) is 28.0. The number of ether oxygens (including phenoxy) is 1. The van der Waals surface area contributed by atoms with Crippen molar-refractivity contribution in [1.29, 1.82) is 10.5 Å². The molecule has 0 radical (unpaired) electrons. The predicted molar refractivity (Wildman–Crippen MR) is 190 cm³/mol. The second-order valence-electron chi connectivity index (χ2n) is 12.8. The van der Waals surface area contributed by atoms with Crippen molar-refractivity contribution in [3.8, 4) is 29.3 Å². The first-order valence-corrected chi connectivity index (χ1v) is 16.8. The number of hydrogen-bond acceptors (Lipinski definition) is 9. The van der Waals surface area contributed by atoms with Crippen LogP contribution in [0.3, 0.4) is 0 Å². The Morgan fingerprint density at radius 1 is 1.00 bits per heavy atom. The van der Waals surface area contributed by atoms with E-state index in [0.29, 0.717) is 40.0 Å². The fourth-order valence-electron chi connectivity index (χ4n) is 7.04. The smallest absolute Gasteiger partial charge is 0.319 e. The number of nitriles is 2. The highest BCUT2D eigenvalue weighted by Crippen LogP contribution is 2.38. The topological polar surface area (TPSA) is 122 Å². The Morgan fingerprint density at radius 3 is 2.59 bits per heavy atom. The highest BCUT2D eigenvalue weighted by atomic mass is 19.1. The molecule has 0 bridgehead atoms. The fourth-order valence-corrected chi connectivity index (χ4v) is 7.04. The quantitative estimate of drug-likeness (QED) is 0.174. The summed E-state index contributed by atoms with van der Waals surface area (Å²) in [7, 11) is 2.03. The molecule has 12 heteroatoms. The van der Waals surface area contributed by atoms with Crippen LogP contribution in [0.5, 0.6) is 6.01 Å². The number of pyridine rings is 1. The predicted octanol–water partition coefficient (Wildman–Crippen LogP) is 6.27. The van der Waals surface area contributed by atoms with Crippen molar-refractivity contribution in [2.45, 2.75) is 31.3 Å². The van der Waals surface area contributed by atoms with Crippen molar-refractivity contribution in [3.63, 3.8) is 0 Å². The number of fused-ring (bicyclic) bond motifs is 2. The lowest BCUT2D eigenvalue weighted by Crippen LogP contribution is -2.55. The lowest BCUT2D eigenvalue weighted by molar-refractivity contribution is -0.131. The number of carbonyl (C=O) groups excluding carboxylic acids is 1. The maximum atomic E-state index is 16.9. The number of nitrogens with zero attached hydrogens (tertiary/aromatic N) is 8. The molecular weight excluding hydrogens is 650 g/mol. The molecule has 51 heavy (non-hydrogen) atoms. The lowest BCUT2D eigenvalue weighted by Gasteiger charge is -2.41. The highest BCUT2D eigenvalue weighted by Gasteiger charge is 2.34. The van der Waals surface area contributed by atoms with Crippen LogP contribution in [0.1, 0.15) is 30.5 Å². The van der Waals surface area contributed by atoms with Crippen molar-refractivity contribution in [3.05, 3.63) is 95.8 Å². The van der Waals surface area contributed by atoms with Crippen molar-refractivity contribution in [1.82, 2.24) is 24.8 Å². The maximum absolute atomic E-state index is 16.9. The largest absolute Gasteiger partial charge is 0.462 e. The van der Waals surface area contributed by atoms with Crippen LogP contribution in [0.4, 0.5) is 14.6 Å². The zero-order chi connectivity index (χ0) is 35.5. The van der Waals surface area contributed by atoms with E-state index in [2.05, 4.69) is 27.0 Å². The SMILES string of the molecule is CN1CCCC1COc1nc(N2CCN(C(=O)/C(F)=C/c3ccccn3)C(CC#N)C2)c2ccc(-c3cccc4cccc(C#N)c34)c(F)c2n1. The third-order valence-electron chi connectivity index (χ3n) is 9.69. The third kappa shape index (κ3) is 6.66. The molecule has 256 valence electrons. The normalized spacial score (nSPS) is 18.2. The molecule has 0 aliphatic carbocycles. The van der Waals surface area contributed by atoms with Gasteiger partial charge in [0.25, 0.3) is 5.91 Å². The number of rotatable bonds is 8. The molecule has 3 aromatic carbocycles. The summed E-state index contributed by atoms with van der Waals surface area (Å²) in [5.41, 5.74) is 1.60. The molecule has 0 spiro atoms. The number of carbonyl (C=O) groups is 1. The number of amides is 1. The minimum absolute atomic E-state index is 0.00385. The molecule has 2 aliphatic heterocycles. The Bertz CT molecular complexity index is 2230. The van der Waals surface area contributed by atoms with Crippen LogP contribution in [-0.4, -0.2) is 82.6 Å². The van der Waals surface area contributed by atoms with Gasteiger partial charge < -0.3 is 19.4 Å². The molecule has 10 nitrogen and oxygen atoms in total. The summed E-state index contributed by atoms with van der Waals surface area (Å²) >= 11 is 0. The minimum Gasteiger partial charge on any atom is -0.462 e. The molecule has 1 amide bonds. The van der Waals surface area contributed by atoms with Crippen LogP contribution in [0.2, 0.25) is 0 Å². The van der Waals surface area contributed by atoms with Gasteiger partial charge in [0.05, 0.1) is 35.9 Å². The number of likely N-dealkylation sites (N-methyl/N-ethyl adjacent to an activating group) is 1. The molecule has 2 aliphatic rings. The average Bonchev–Trinajstić information content (AvgIpc) is 3.57.